The monoisotopic (exact) mass is 366 g/mol. The zero-order valence-electron chi connectivity index (χ0n) is 11.7. The highest BCUT2D eigenvalue weighted by Gasteiger charge is 2.17. The van der Waals surface area contributed by atoms with E-state index in [-0.39, 0.29) is 5.56 Å². The zero-order chi connectivity index (χ0) is 15.6. The second-order valence-electron chi connectivity index (χ2n) is 4.87. The van der Waals surface area contributed by atoms with Gasteiger partial charge in [0.05, 0.1) is 27.0 Å². The van der Waals surface area contributed by atoms with Crippen LogP contribution in [0, 0.1) is 13.8 Å². The molecule has 0 aliphatic rings. The molecule has 3 nitrogen and oxygen atoms in total. The van der Waals surface area contributed by atoms with Crippen molar-refractivity contribution in [3.63, 3.8) is 0 Å². The molecule has 1 unspecified atom stereocenters. The van der Waals surface area contributed by atoms with Crippen molar-refractivity contribution in [2.24, 2.45) is 0 Å². The first-order valence-electron chi connectivity index (χ1n) is 6.36. The molecule has 2 aromatic carbocycles. The number of aromatic carboxylic acids is 1. The highest BCUT2D eigenvalue weighted by atomic mass is 79.9. The van der Waals surface area contributed by atoms with Gasteiger partial charge in [0, 0.05) is 4.47 Å². The summed E-state index contributed by atoms with van der Waals surface area (Å²) in [6.45, 7) is 3.94. The predicted octanol–water partition coefficient (Wildman–Crippen LogP) is 4.07. The number of halogens is 1. The molecule has 1 atom stereocenters. The number of carboxylic acids is 1. The molecule has 0 spiro atoms. The summed E-state index contributed by atoms with van der Waals surface area (Å²) in [7, 11) is -1.41. The zero-order valence-corrected chi connectivity index (χ0v) is 14.1. The van der Waals surface area contributed by atoms with E-state index in [2.05, 4.69) is 15.9 Å². The van der Waals surface area contributed by atoms with Crippen LogP contribution in [0.4, 0.5) is 0 Å². The molecule has 0 saturated heterocycles. The molecular weight excluding hydrogens is 352 g/mol. The number of aryl methyl sites for hydroxylation is 2. The number of benzene rings is 2. The summed E-state index contributed by atoms with van der Waals surface area (Å²) in [5.74, 6) is -0.753. The van der Waals surface area contributed by atoms with E-state index in [1.54, 1.807) is 12.1 Å². The number of rotatable bonds is 4. The number of carbonyl (C=O) groups is 1. The third-order valence-corrected chi connectivity index (χ3v) is 5.11. The Balaban J connectivity index is 2.39. The molecule has 5 heteroatoms. The fraction of sp³-hybridized carbons (Fsp3) is 0.188. The molecule has 0 heterocycles. The van der Waals surface area contributed by atoms with Gasteiger partial charge in [-0.25, -0.2) is 4.79 Å². The first-order valence-corrected chi connectivity index (χ1v) is 8.47. The molecule has 0 aliphatic carbocycles. The van der Waals surface area contributed by atoms with Gasteiger partial charge in [0.25, 0.3) is 0 Å². The summed E-state index contributed by atoms with van der Waals surface area (Å²) >= 11 is 3.30. The van der Waals surface area contributed by atoms with Crippen LogP contribution in [-0.2, 0) is 16.6 Å². The van der Waals surface area contributed by atoms with Gasteiger partial charge in [0.1, 0.15) is 0 Å². The van der Waals surface area contributed by atoms with Crippen LogP contribution in [0.25, 0.3) is 0 Å². The van der Waals surface area contributed by atoms with Gasteiger partial charge < -0.3 is 5.11 Å². The van der Waals surface area contributed by atoms with Gasteiger partial charge in [-0.1, -0.05) is 39.7 Å². The van der Waals surface area contributed by atoms with Crippen LogP contribution in [-0.4, -0.2) is 15.3 Å². The van der Waals surface area contributed by atoms with Gasteiger partial charge in [0.2, 0.25) is 0 Å². The topological polar surface area (TPSA) is 54.4 Å². The standard InChI is InChI=1S/C16H15BrO3S/c1-10-3-4-11(2)12(7-10)9-21(20)15-8-13(17)5-6-14(15)16(18)19/h3-8H,9H2,1-2H3,(H,18,19). The SMILES string of the molecule is Cc1ccc(C)c(CS(=O)c2cc(Br)ccc2C(=O)O)c1. The Morgan fingerprint density at radius 3 is 2.57 bits per heavy atom. The van der Waals surface area contributed by atoms with Gasteiger partial charge in [-0.3, -0.25) is 4.21 Å². The molecule has 0 aliphatic heterocycles. The fourth-order valence-electron chi connectivity index (χ4n) is 2.04. The third-order valence-electron chi connectivity index (χ3n) is 3.21. The van der Waals surface area contributed by atoms with Crippen molar-refractivity contribution in [3.8, 4) is 0 Å². The summed E-state index contributed by atoms with van der Waals surface area (Å²) in [6, 6.07) is 10.7. The van der Waals surface area contributed by atoms with Gasteiger partial charge in [-0.05, 0) is 43.2 Å². The van der Waals surface area contributed by atoms with Gasteiger partial charge >= 0.3 is 5.97 Å². The lowest BCUT2D eigenvalue weighted by atomic mass is 10.1. The lowest BCUT2D eigenvalue weighted by Gasteiger charge is -2.10. The summed E-state index contributed by atoms with van der Waals surface area (Å²) in [5.41, 5.74) is 3.22. The van der Waals surface area contributed by atoms with Gasteiger partial charge in [-0.2, -0.15) is 0 Å². The molecular formula is C16H15BrO3S. The molecule has 0 aromatic heterocycles. The Labute approximate surface area is 134 Å². The summed E-state index contributed by atoms with van der Waals surface area (Å²) in [5, 5.41) is 9.22. The summed E-state index contributed by atoms with van der Waals surface area (Å²) in [4.78, 5) is 11.6. The molecule has 1 N–H and O–H groups in total. The van der Waals surface area contributed by atoms with Crippen molar-refractivity contribution in [2.75, 3.05) is 0 Å². The van der Waals surface area contributed by atoms with E-state index in [0.717, 1.165) is 21.2 Å². The van der Waals surface area contributed by atoms with E-state index in [4.69, 9.17) is 0 Å². The lowest BCUT2D eigenvalue weighted by Crippen LogP contribution is -2.06. The molecule has 21 heavy (non-hydrogen) atoms. The van der Waals surface area contributed by atoms with Gasteiger partial charge in [-0.15, -0.1) is 0 Å². The van der Waals surface area contributed by atoms with Crippen molar-refractivity contribution in [1.29, 1.82) is 0 Å². The molecule has 110 valence electrons. The Morgan fingerprint density at radius 2 is 1.90 bits per heavy atom. The van der Waals surface area contributed by atoms with Crippen molar-refractivity contribution in [1.82, 2.24) is 0 Å². The number of hydrogen-bond acceptors (Lipinski definition) is 2. The largest absolute Gasteiger partial charge is 0.478 e. The maximum absolute atomic E-state index is 12.6. The summed E-state index contributed by atoms with van der Waals surface area (Å²) < 4.78 is 13.3. The highest BCUT2D eigenvalue weighted by molar-refractivity contribution is 9.10. The van der Waals surface area contributed by atoms with E-state index in [1.807, 2.05) is 32.0 Å². The lowest BCUT2D eigenvalue weighted by molar-refractivity contribution is 0.0693. The van der Waals surface area contributed by atoms with Crippen molar-refractivity contribution in [2.45, 2.75) is 24.5 Å². The molecule has 0 saturated carbocycles. The fourth-order valence-corrected chi connectivity index (χ4v) is 3.96. The van der Waals surface area contributed by atoms with Crippen LogP contribution in [0.2, 0.25) is 0 Å². The Bertz CT molecular complexity index is 725. The highest BCUT2D eigenvalue weighted by Crippen LogP contribution is 2.23. The Morgan fingerprint density at radius 1 is 1.19 bits per heavy atom. The summed E-state index contributed by atoms with van der Waals surface area (Å²) in [6.07, 6.45) is 0. The van der Waals surface area contributed by atoms with E-state index < -0.39 is 16.8 Å². The van der Waals surface area contributed by atoms with Crippen LogP contribution >= 0.6 is 15.9 Å². The maximum Gasteiger partial charge on any atom is 0.336 e. The van der Waals surface area contributed by atoms with Crippen LogP contribution in [0.15, 0.2) is 45.8 Å². The van der Waals surface area contributed by atoms with Gasteiger partial charge in [0.15, 0.2) is 0 Å². The first kappa shape index (κ1) is 15.9. The Hall–Kier alpha value is -1.46. The number of hydrogen-bond donors (Lipinski definition) is 1. The quantitative estimate of drug-likeness (QED) is 0.886. The second kappa shape index (κ2) is 6.54. The van der Waals surface area contributed by atoms with E-state index in [9.17, 15) is 14.1 Å². The minimum absolute atomic E-state index is 0.0850. The minimum atomic E-state index is -1.41. The molecule has 0 radical (unpaired) electrons. The molecule has 2 rings (SSSR count). The van der Waals surface area contributed by atoms with Crippen molar-refractivity contribution >= 4 is 32.7 Å². The van der Waals surface area contributed by atoms with Crippen LogP contribution in [0.5, 0.6) is 0 Å². The third kappa shape index (κ3) is 3.80. The van der Waals surface area contributed by atoms with E-state index >= 15 is 0 Å². The van der Waals surface area contributed by atoms with E-state index in [0.29, 0.717) is 10.6 Å². The van der Waals surface area contributed by atoms with E-state index in [1.165, 1.54) is 6.07 Å². The van der Waals surface area contributed by atoms with Crippen LogP contribution in [0.3, 0.4) is 0 Å². The van der Waals surface area contributed by atoms with Crippen molar-refractivity contribution < 1.29 is 14.1 Å². The Kier molecular flexibility index (Phi) is 4.96. The maximum atomic E-state index is 12.6. The molecule has 2 aromatic rings. The molecule has 0 bridgehead atoms. The first-order chi connectivity index (χ1) is 9.88. The molecule has 0 fully saturated rings. The average molecular weight is 367 g/mol. The normalized spacial score (nSPS) is 12.1. The predicted molar refractivity (Wildman–Crippen MR) is 87.1 cm³/mol. The second-order valence-corrected chi connectivity index (χ2v) is 7.20. The van der Waals surface area contributed by atoms with Crippen molar-refractivity contribution in [3.05, 3.63) is 63.1 Å². The number of carboxylic acid groups (broad SMARTS) is 1. The molecule has 0 amide bonds. The average Bonchev–Trinajstić information content (AvgIpc) is 2.42. The van der Waals surface area contributed by atoms with Crippen LogP contribution < -0.4 is 0 Å². The smallest absolute Gasteiger partial charge is 0.336 e. The minimum Gasteiger partial charge on any atom is -0.478 e. The van der Waals surface area contributed by atoms with Crippen LogP contribution in [0.1, 0.15) is 27.0 Å².